The van der Waals surface area contributed by atoms with Gasteiger partial charge < -0.3 is 15.3 Å². The van der Waals surface area contributed by atoms with E-state index in [0.29, 0.717) is 19.6 Å². The third kappa shape index (κ3) is 5.67. The van der Waals surface area contributed by atoms with Crippen LogP contribution >= 0.6 is 27.5 Å². The number of likely N-dealkylation sites (N-methyl/N-ethyl adjacent to an activating group) is 1. The predicted octanol–water partition coefficient (Wildman–Crippen LogP) is 2.50. The number of aliphatic hydroxyl groups is 1. The molecule has 0 bridgehead atoms. The van der Waals surface area contributed by atoms with Crippen LogP contribution in [0, 0.1) is 0 Å². The maximum Gasteiger partial charge on any atom is 0.0869 e. The van der Waals surface area contributed by atoms with Crippen LogP contribution in [0.25, 0.3) is 0 Å². The van der Waals surface area contributed by atoms with Crippen LogP contribution in [-0.4, -0.2) is 42.8 Å². The lowest BCUT2D eigenvalue weighted by atomic mass is 10.1. The van der Waals surface area contributed by atoms with Crippen LogP contribution in [-0.2, 0) is 6.54 Å². The first-order valence-electron chi connectivity index (χ1n) is 5.82. The summed E-state index contributed by atoms with van der Waals surface area (Å²) in [6.07, 6.45) is 0. The summed E-state index contributed by atoms with van der Waals surface area (Å²) in [7, 11) is 3.89. The Kier molecular flexibility index (Phi) is 6.08. The first kappa shape index (κ1) is 15.9. The predicted molar refractivity (Wildman–Crippen MR) is 80.0 cm³/mol. The van der Waals surface area contributed by atoms with Gasteiger partial charge in [-0.1, -0.05) is 33.6 Å². The van der Waals surface area contributed by atoms with Gasteiger partial charge >= 0.3 is 0 Å². The highest BCUT2D eigenvalue weighted by molar-refractivity contribution is 9.10. The largest absolute Gasteiger partial charge is 0.388 e. The molecular weight excluding hydrogens is 316 g/mol. The number of benzene rings is 1. The van der Waals surface area contributed by atoms with Crippen molar-refractivity contribution in [1.82, 2.24) is 10.2 Å². The highest BCUT2D eigenvalue weighted by Gasteiger charge is 2.20. The molecule has 0 aliphatic heterocycles. The number of nitrogens with zero attached hydrogens (tertiary/aromatic N) is 1. The van der Waals surface area contributed by atoms with Crippen molar-refractivity contribution in [1.29, 1.82) is 0 Å². The molecule has 0 aliphatic rings. The van der Waals surface area contributed by atoms with Crippen LogP contribution in [0.3, 0.4) is 0 Å². The highest BCUT2D eigenvalue weighted by atomic mass is 79.9. The fourth-order valence-electron chi connectivity index (χ4n) is 1.87. The van der Waals surface area contributed by atoms with Gasteiger partial charge in [0.1, 0.15) is 0 Å². The lowest BCUT2D eigenvalue weighted by molar-refractivity contribution is 0.0336. The molecule has 0 spiro atoms. The van der Waals surface area contributed by atoms with E-state index in [-0.39, 0.29) is 0 Å². The van der Waals surface area contributed by atoms with Crippen LogP contribution in [0.2, 0.25) is 5.02 Å². The molecule has 0 amide bonds. The SMILES string of the molecule is CN(C)CC(C)(O)CNCc1ccc(Br)cc1Cl. The van der Waals surface area contributed by atoms with E-state index in [2.05, 4.69) is 21.2 Å². The quantitative estimate of drug-likeness (QED) is 0.838. The van der Waals surface area contributed by atoms with Crippen molar-refractivity contribution in [2.75, 3.05) is 27.2 Å². The van der Waals surface area contributed by atoms with Gasteiger partial charge in [0.15, 0.2) is 0 Å². The minimum atomic E-state index is -0.745. The zero-order valence-corrected chi connectivity index (χ0v) is 13.3. The van der Waals surface area contributed by atoms with Gasteiger partial charge in [0, 0.05) is 29.1 Å². The lowest BCUT2D eigenvalue weighted by Gasteiger charge is -2.27. The second-order valence-corrected chi connectivity index (χ2v) is 6.40. The molecule has 0 saturated heterocycles. The molecule has 2 N–H and O–H groups in total. The van der Waals surface area contributed by atoms with Gasteiger partial charge in [-0.15, -0.1) is 0 Å². The molecule has 102 valence electrons. The van der Waals surface area contributed by atoms with Gasteiger partial charge in [0.25, 0.3) is 0 Å². The number of halogens is 2. The van der Waals surface area contributed by atoms with Crippen molar-refractivity contribution < 1.29 is 5.11 Å². The maximum atomic E-state index is 10.1. The first-order valence-corrected chi connectivity index (χ1v) is 6.99. The molecule has 1 unspecified atom stereocenters. The van der Waals surface area contributed by atoms with E-state index in [1.165, 1.54) is 0 Å². The molecule has 1 atom stereocenters. The van der Waals surface area contributed by atoms with Gasteiger partial charge in [-0.3, -0.25) is 0 Å². The smallest absolute Gasteiger partial charge is 0.0869 e. The van der Waals surface area contributed by atoms with E-state index in [9.17, 15) is 5.11 Å². The molecule has 0 heterocycles. The summed E-state index contributed by atoms with van der Waals surface area (Å²) in [6, 6.07) is 5.80. The summed E-state index contributed by atoms with van der Waals surface area (Å²) in [5, 5.41) is 14.1. The van der Waals surface area contributed by atoms with Gasteiger partial charge in [-0.25, -0.2) is 0 Å². The molecule has 0 aromatic heterocycles. The van der Waals surface area contributed by atoms with Crippen LogP contribution in [0.1, 0.15) is 12.5 Å². The van der Waals surface area contributed by atoms with Crippen molar-refractivity contribution in [3.63, 3.8) is 0 Å². The van der Waals surface area contributed by atoms with E-state index in [1.807, 2.05) is 44.1 Å². The summed E-state index contributed by atoms with van der Waals surface area (Å²) in [5.74, 6) is 0. The monoisotopic (exact) mass is 334 g/mol. The molecular formula is C13H20BrClN2O. The molecule has 0 aliphatic carbocycles. The second-order valence-electron chi connectivity index (χ2n) is 5.07. The van der Waals surface area contributed by atoms with E-state index < -0.39 is 5.60 Å². The number of hydrogen-bond donors (Lipinski definition) is 2. The van der Waals surface area contributed by atoms with E-state index in [0.717, 1.165) is 15.1 Å². The van der Waals surface area contributed by atoms with Crippen LogP contribution in [0.5, 0.6) is 0 Å². The summed E-state index contributed by atoms with van der Waals surface area (Å²) >= 11 is 9.50. The second kappa shape index (κ2) is 6.87. The third-order valence-corrected chi connectivity index (χ3v) is 3.34. The molecule has 1 aromatic rings. The maximum absolute atomic E-state index is 10.1. The van der Waals surface area contributed by atoms with E-state index >= 15 is 0 Å². The summed E-state index contributed by atoms with van der Waals surface area (Å²) in [5.41, 5.74) is 0.284. The molecule has 1 aromatic carbocycles. The fourth-order valence-corrected chi connectivity index (χ4v) is 2.61. The van der Waals surface area contributed by atoms with Crippen LogP contribution in [0.4, 0.5) is 0 Å². The Morgan fingerprint density at radius 2 is 2.11 bits per heavy atom. The van der Waals surface area contributed by atoms with E-state index in [4.69, 9.17) is 11.6 Å². The minimum absolute atomic E-state index is 0.525. The molecule has 0 fully saturated rings. The molecule has 0 radical (unpaired) electrons. The fraction of sp³-hybridized carbons (Fsp3) is 0.538. The normalized spacial score (nSPS) is 14.8. The average Bonchev–Trinajstić information content (AvgIpc) is 2.19. The van der Waals surface area contributed by atoms with E-state index in [1.54, 1.807) is 0 Å². The molecule has 18 heavy (non-hydrogen) atoms. The Labute approximate surface area is 122 Å². The molecule has 1 rings (SSSR count). The summed E-state index contributed by atoms with van der Waals surface area (Å²) in [6.45, 7) is 3.62. The third-order valence-electron chi connectivity index (χ3n) is 2.49. The van der Waals surface area contributed by atoms with Gasteiger partial charge in [0.2, 0.25) is 0 Å². The zero-order valence-electron chi connectivity index (χ0n) is 11.0. The van der Waals surface area contributed by atoms with Crippen molar-refractivity contribution >= 4 is 27.5 Å². The van der Waals surface area contributed by atoms with Crippen LogP contribution in [0.15, 0.2) is 22.7 Å². The lowest BCUT2D eigenvalue weighted by Crippen LogP contribution is -2.45. The van der Waals surface area contributed by atoms with Gasteiger partial charge in [-0.2, -0.15) is 0 Å². The minimum Gasteiger partial charge on any atom is -0.388 e. The average molecular weight is 336 g/mol. The Bertz CT molecular complexity index is 397. The van der Waals surface area contributed by atoms with Crippen molar-refractivity contribution in [3.05, 3.63) is 33.3 Å². The van der Waals surface area contributed by atoms with Crippen molar-refractivity contribution in [3.8, 4) is 0 Å². The van der Waals surface area contributed by atoms with Gasteiger partial charge in [-0.05, 0) is 38.7 Å². The van der Waals surface area contributed by atoms with Crippen LogP contribution < -0.4 is 5.32 Å². The topological polar surface area (TPSA) is 35.5 Å². The molecule has 5 heteroatoms. The summed E-state index contributed by atoms with van der Waals surface area (Å²) < 4.78 is 0.968. The molecule has 0 saturated carbocycles. The van der Waals surface area contributed by atoms with Crippen molar-refractivity contribution in [2.45, 2.75) is 19.1 Å². The number of hydrogen-bond acceptors (Lipinski definition) is 3. The Morgan fingerprint density at radius 1 is 1.44 bits per heavy atom. The highest BCUT2D eigenvalue weighted by Crippen LogP contribution is 2.21. The zero-order chi connectivity index (χ0) is 13.8. The van der Waals surface area contributed by atoms with Crippen molar-refractivity contribution in [2.24, 2.45) is 0 Å². The van der Waals surface area contributed by atoms with Gasteiger partial charge in [0.05, 0.1) is 5.60 Å². The summed E-state index contributed by atoms with van der Waals surface area (Å²) in [4.78, 5) is 1.97. The first-order chi connectivity index (χ1) is 8.30. The number of nitrogens with one attached hydrogen (secondary N) is 1. The Hall–Kier alpha value is -0.130. The Morgan fingerprint density at radius 3 is 2.67 bits per heavy atom. The Balaban J connectivity index is 2.46. The molecule has 3 nitrogen and oxygen atoms in total. The number of rotatable bonds is 6. The standard InChI is InChI=1S/C13H20BrClN2O/c1-13(18,9-17(2)3)8-16-7-10-4-5-11(14)6-12(10)15/h4-6,16,18H,7-9H2,1-3H3.